The molecule has 5 aliphatic rings. The van der Waals surface area contributed by atoms with E-state index in [1.54, 1.807) is 18.3 Å². The van der Waals surface area contributed by atoms with Crippen LogP contribution in [0.2, 0.25) is 0 Å². The maximum Gasteiger partial charge on any atom is 0.319 e. The Morgan fingerprint density at radius 3 is 2.66 bits per heavy atom. The van der Waals surface area contributed by atoms with Crippen molar-refractivity contribution in [3.8, 4) is 29.8 Å². The van der Waals surface area contributed by atoms with Gasteiger partial charge in [0.25, 0.3) is 5.56 Å². The number of aromatic nitrogens is 3. The van der Waals surface area contributed by atoms with E-state index in [1.807, 2.05) is 24.3 Å². The molecule has 2 N–H and O–H groups in total. The molecular formula is C32H32N6O3. The number of nitrogens with one attached hydrogen (secondary N) is 1. The van der Waals surface area contributed by atoms with Gasteiger partial charge >= 0.3 is 6.01 Å². The van der Waals surface area contributed by atoms with Gasteiger partial charge in [-0.2, -0.15) is 9.97 Å². The number of terminal acetylenes is 1. The maximum absolute atomic E-state index is 14.2. The fourth-order valence-electron chi connectivity index (χ4n) is 7.63. The second-order valence-electron chi connectivity index (χ2n) is 12.0. The molecule has 208 valence electrons. The average molecular weight is 549 g/mol. The van der Waals surface area contributed by atoms with E-state index in [2.05, 4.69) is 21.0 Å². The number of anilines is 1. The second kappa shape index (κ2) is 9.20. The molecule has 7 heterocycles. The summed E-state index contributed by atoms with van der Waals surface area (Å²) < 4.78 is 7.90. The number of nitrogens with zero attached hydrogens (tertiary/aromatic N) is 5. The van der Waals surface area contributed by atoms with Crippen molar-refractivity contribution in [2.75, 3.05) is 37.7 Å². The Morgan fingerprint density at radius 1 is 1.12 bits per heavy atom. The lowest BCUT2D eigenvalue weighted by Crippen LogP contribution is -2.67. The molecule has 9 rings (SSSR count). The lowest BCUT2D eigenvalue weighted by Gasteiger charge is -2.48. The summed E-state index contributed by atoms with van der Waals surface area (Å²) in [4.78, 5) is 28.7. The minimum Gasteiger partial charge on any atom is -0.508 e. The molecular weight excluding hydrogens is 516 g/mol. The predicted octanol–water partition coefficient (Wildman–Crippen LogP) is 3.18. The van der Waals surface area contributed by atoms with Gasteiger partial charge in [0.05, 0.1) is 16.6 Å². The summed E-state index contributed by atoms with van der Waals surface area (Å²) in [5.74, 6) is 3.52. The molecule has 0 aliphatic carbocycles. The lowest BCUT2D eigenvalue weighted by atomic mass is 9.91. The summed E-state index contributed by atoms with van der Waals surface area (Å²) in [5.41, 5.74) is 1.18. The van der Waals surface area contributed by atoms with Gasteiger partial charge in [0.2, 0.25) is 0 Å². The summed E-state index contributed by atoms with van der Waals surface area (Å²) in [6, 6.07) is 11.8. The molecule has 9 heteroatoms. The Hall–Kier alpha value is -4.13. The minimum absolute atomic E-state index is 0.0398. The molecule has 2 atom stereocenters. The van der Waals surface area contributed by atoms with Crippen LogP contribution in [0.15, 0.2) is 47.4 Å². The Bertz CT molecular complexity index is 1780. The van der Waals surface area contributed by atoms with Gasteiger partial charge in [-0.15, -0.1) is 6.42 Å². The number of piperidine rings is 1. The van der Waals surface area contributed by atoms with Crippen molar-refractivity contribution in [1.29, 1.82) is 0 Å². The van der Waals surface area contributed by atoms with Crippen LogP contribution in [0.25, 0.3) is 27.4 Å². The summed E-state index contributed by atoms with van der Waals surface area (Å²) in [5, 5.41) is 16.3. The zero-order valence-corrected chi connectivity index (χ0v) is 22.8. The van der Waals surface area contributed by atoms with Crippen LogP contribution >= 0.6 is 0 Å². The SMILES string of the molecule is C#Cc1cccc2cc(O)cc(-n3ccc4c(N5CC6CC(C5)N6)nc(OCC56CCCN5CCC6)nc4c3=O)c12. The Kier molecular flexibility index (Phi) is 5.53. The average Bonchev–Trinajstić information content (AvgIpc) is 3.56. The summed E-state index contributed by atoms with van der Waals surface area (Å²) >= 11 is 0. The van der Waals surface area contributed by atoms with Crippen molar-refractivity contribution in [3.05, 3.63) is 58.5 Å². The first-order valence-electron chi connectivity index (χ1n) is 14.6. The van der Waals surface area contributed by atoms with Crippen molar-refractivity contribution in [1.82, 2.24) is 24.8 Å². The lowest BCUT2D eigenvalue weighted by molar-refractivity contribution is 0.108. The second-order valence-corrected chi connectivity index (χ2v) is 12.0. The number of aromatic hydroxyl groups is 1. The van der Waals surface area contributed by atoms with Gasteiger partial charge in [-0.05, 0) is 68.8 Å². The van der Waals surface area contributed by atoms with Gasteiger partial charge in [-0.3, -0.25) is 14.3 Å². The van der Waals surface area contributed by atoms with Gasteiger partial charge in [-0.25, -0.2) is 0 Å². The summed E-state index contributed by atoms with van der Waals surface area (Å²) in [7, 11) is 0. The van der Waals surface area contributed by atoms with Crippen LogP contribution in [-0.4, -0.2) is 75.0 Å². The molecule has 0 amide bonds. The van der Waals surface area contributed by atoms with E-state index in [1.165, 1.54) is 17.4 Å². The molecule has 4 aromatic rings. The van der Waals surface area contributed by atoms with E-state index in [0.29, 0.717) is 40.8 Å². The smallest absolute Gasteiger partial charge is 0.319 e. The van der Waals surface area contributed by atoms with E-state index in [-0.39, 0.29) is 22.9 Å². The summed E-state index contributed by atoms with van der Waals surface area (Å²) in [6.45, 7) is 4.39. The van der Waals surface area contributed by atoms with Crippen LogP contribution in [0.5, 0.6) is 11.8 Å². The third kappa shape index (κ3) is 3.89. The quantitative estimate of drug-likeness (QED) is 0.368. The molecule has 0 radical (unpaired) electrons. The monoisotopic (exact) mass is 548 g/mol. The highest BCUT2D eigenvalue weighted by Gasteiger charge is 2.45. The molecule has 2 unspecified atom stereocenters. The molecule has 5 fully saturated rings. The van der Waals surface area contributed by atoms with Crippen LogP contribution < -0.4 is 20.5 Å². The van der Waals surface area contributed by atoms with Crippen molar-refractivity contribution in [2.24, 2.45) is 0 Å². The Balaban J connectivity index is 1.28. The molecule has 0 saturated carbocycles. The van der Waals surface area contributed by atoms with E-state index in [9.17, 15) is 9.90 Å². The number of rotatable bonds is 5. The molecule has 9 nitrogen and oxygen atoms in total. The number of hydrogen-bond acceptors (Lipinski definition) is 8. The highest BCUT2D eigenvalue weighted by Crippen LogP contribution is 2.39. The topological polar surface area (TPSA) is 95.8 Å². The number of phenols is 1. The van der Waals surface area contributed by atoms with E-state index < -0.39 is 0 Å². The molecule has 2 aromatic heterocycles. The predicted molar refractivity (Wildman–Crippen MR) is 158 cm³/mol. The zero-order chi connectivity index (χ0) is 27.7. The number of benzene rings is 2. The zero-order valence-electron chi connectivity index (χ0n) is 22.8. The van der Waals surface area contributed by atoms with Crippen molar-refractivity contribution in [2.45, 2.75) is 49.7 Å². The molecule has 0 spiro atoms. The van der Waals surface area contributed by atoms with Crippen LogP contribution in [0, 0.1) is 12.3 Å². The number of hydrogen-bond donors (Lipinski definition) is 2. The fraction of sp³-hybridized carbons (Fsp3) is 0.406. The highest BCUT2D eigenvalue weighted by atomic mass is 16.5. The van der Waals surface area contributed by atoms with Crippen molar-refractivity contribution < 1.29 is 9.84 Å². The normalized spacial score (nSPS) is 23.0. The molecule has 2 bridgehead atoms. The number of piperazine rings is 1. The first-order chi connectivity index (χ1) is 20.0. The highest BCUT2D eigenvalue weighted by molar-refractivity contribution is 5.97. The minimum atomic E-state index is -0.309. The van der Waals surface area contributed by atoms with Crippen molar-refractivity contribution >= 4 is 27.5 Å². The molecule has 41 heavy (non-hydrogen) atoms. The number of phenolic OH excluding ortho intramolecular Hbond substituents is 1. The summed E-state index contributed by atoms with van der Waals surface area (Å²) in [6.07, 6.45) is 13.3. The fourth-order valence-corrected chi connectivity index (χ4v) is 7.63. The molecule has 5 aliphatic heterocycles. The van der Waals surface area contributed by atoms with Gasteiger partial charge in [0.1, 0.15) is 23.7 Å². The first-order valence-corrected chi connectivity index (χ1v) is 14.6. The maximum atomic E-state index is 14.2. The van der Waals surface area contributed by atoms with E-state index in [0.717, 1.165) is 62.0 Å². The number of fused-ring (bicyclic) bond motifs is 5. The largest absolute Gasteiger partial charge is 0.508 e. The Labute approximate surface area is 237 Å². The van der Waals surface area contributed by atoms with Crippen LogP contribution in [0.4, 0.5) is 5.82 Å². The van der Waals surface area contributed by atoms with E-state index in [4.69, 9.17) is 21.1 Å². The van der Waals surface area contributed by atoms with Gasteiger partial charge in [0, 0.05) is 48.4 Å². The van der Waals surface area contributed by atoms with Crippen molar-refractivity contribution in [3.63, 3.8) is 0 Å². The van der Waals surface area contributed by atoms with Gasteiger partial charge in [0.15, 0.2) is 0 Å². The van der Waals surface area contributed by atoms with Crippen LogP contribution in [-0.2, 0) is 0 Å². The van der Waals surface area contributed by atoms with Crippen LogP contribution in [0.3, 0.4) is 0 Å². The third-order valence-electron chi connectivity index (χ3n) is 9.58. The number of pyridine rings is 1. The van der Waals surface area contributed by atoms with Gasteiger partial charge < -0.3 is 20.1 Å². The molecule has 2 aromatic carbocycles. The first kappa shape index (κ1) is 24.6. The van der Waals surface area contributed by atoms with Gasteiger partial charge in [-0.1, -0.05) is 18.1 Å². The van der Waals surface area contributed by atoms with E-state index >= 15 is 0 Å². The number of ether oxygens (including phenoxy) is 1. The third-order valence-corrected chi connectivity index (χ3v) is 9.58. The Morgan fingerprint density at radius 2 is 1.90 bits per heavy atom. The van der Waals surface area contributed by atoms with Crippen LogP contribution in [0.1, 0.15) is 37.7 Å². The standard InChI is InChI=1S/C32H32N6O3/c1-2-20-6-3-7-21-14-24(39)16-26(27(20)21)38-13-8-25-28(30(38)40)34-31(35-29(25)36-17-22-15-23(18-36)33-22)41-19-32-9-4-11-37(32)12-5-10-32/h1,3,6-8,13-14,16,22-23,33,39H,4-5,9-12,15,17-19H2. The molecule has 5 saturated heterocycles.